The number of hydrogen-bond acceptors (Lipinski definition) is 2. The van der Waals surface area contributed by atoms with Crippen molar-refractivity contribution in [2.75, 3.05) is 26.2 Å². The van der Waals surface area contributed by atoms with Gasteiger partial charge >= 0.3 is 95.0 Å². The molecule has 0 aromatic heterocycles. The van der Waals surface area contributed by atoms with Crippen LogP contribution in [-0.2, 0) is 0 Å². The zero-order valence-corrected chi connectivity index (χ0v) is 12.7. The fraction of sp³-hybridized carbons (Fsp3) is 1.00. The Bertz CT molecular complexity index is 110. The molecule has 0 fully saturated rings. The van der Waals surface area contributed by atoms with Crippen molar-refractivity contribution in [1.29, 1.82) is 0 Å². The van der Waals surface area contributed by atoms with Crippen LogP contribution in [0.4, 0.5) is 0 Å². The Labute approximate surface area is 95.2 Å². The molecular formula is C11H27GeN2. The van der Waals surface area contributed by atoms with E-state index in [0.717, 1.165) is 0 Å². The van der Waals surface area contributed by atoms with Gasteiger partial charge in [0.15, 0.2) is 0 Å². The number of nitrogens with zero attached hydrogens (tertiary/aromatic N) is 2. The standard InChI is InChI=1S/C11H27GeN2/c1-6-11-12(13(7-2)8-3)14(9-4)10-5/h6-11H2,1-5H3. The molecule has 0 rings (SSSR count). The van der Waals surface area contributed by atoms with E-state index in [4.69, 9.17) is 0 Å². The molecule has 0 heterocycles. The average Bonchev–Trinajstić information content (AvgIpc) is 2.21. The zero-order chi connectivity index (χ0) is 11.0. The van der Waals surface area contributed by atoms with E-state index in [1.54, 1.807) is 0 Å². The van der Waals surface area contributed by atoms with Crippen LogP contribution in [0.1, 0.15) is 41.0 Å². The van der Waals surface area contributed by atoms with E-state index in [2.05, 4.69) is 42.3 Å². The quantitative estimate of drug-likeness (QED) is 0.619. The Balaban J connectivity index is 4.36. The Morgan fingerprint density at radius 1 is 0.714 bits per heavy atom. The van der Waals surface area contributed by atoms with Gasteiger partial charge in [0.2, 0.25) is 0 Å². The molecule has 0 amide bonds. The van der Waals surface area contributed by atoms with Gasteiger partial charge in [-0.1, -0.05) is 0 Å². The van der Waals surface area contributed by atoms with Crippen molar-refractivity contribution in [3.63, 3.8) is 0 Å². The van der Waals surface area contributed by atoms with Gasteiger partial charge in [-0.25, -0.2) is 0 Å². The van der Waals surface area contributed by atoms with Gasteiger partial charge in [0.25, 0.3) is 0 Å². The molecule has 0 saturated heterocycles. The average molecular weight is 260 g/mol. The molecule has 3 heteroatoms. The van der Waals surface area contributed by atoms with Crippen LogP contribution in [0.15, 0.2) is 0 Å². The van der Waals surface area contributed by atoms with Gasteiger partial charge in [-0.2, -0.15) is 0 Å². The third kappa shape index (κ3) is 4.32. The summed E-state index contributed by atoms with van der Waals surface area (Å²) < 4.78 is 5.47. The van der Waals surface area contributed by atoms with E-state index in [1.165, 1.54) is 37.9 Å². The third-order valence-electron chi connectivity index (χ3n) is 2.73. The molecule has 1 radical (unpaired) electrons. The van der Waals surface area contributed by atoms with Gasteiger partial charge < -0.3 is 0 Å². The van der Waals surface area contributed by atoms with Gasteiger partial charge in [-0.15, -0.1) is 0 Å². The van der Waals surface area contributed by atoms with Crippen LogP contribution in [0.25, 0.3) is 0 Å². The van der Waals surface area contributed by atoms with Gasteiger partial charge in [0, 0.05) is 0 Å². The van der Waals surface area contributed by atoms with Crippen LogP contribution in [0.2, 0.25) is 5.25 Å². The summed E-state index contributed by atoms with van der Waals surface area (Å²) in [5.41, 5.74) is 0. The minimum absolute atomic E-state index is 1.09. The van der Waals surface area contributed by atoms with Crippen LogP contribution in [0.3, 0.4) is 0 Å². The summed E-state index contributed by atoms with van der Waals surface area (Å²) in [6.45, 7) is 16.5. The molecule has 0 aliphatic heterocycles. The third-order valence-corrected chi connectivity index (χ3v) is 10.4. The van der Waals surface area contributed by atoms with E-state index < -0.39 is 14.8 Å². The van der Waals surface area contributed by atoms with Crippen LogP contribution >= 0.6 is 0 Å². The van der Waals surface area contributed by atoms with E-state index in [-0.39, 0.29) is 0 Å². The number of hydrogen-bond donors (Lipinski definition) is 0. The Kier molecular flexibility index (Phi) is 9.03. The topological polar surface area (TPSA) is 6.48 Å². The van der Waals surface area contributed by atoms with Crippen molar-refractivity contribution < 1.29 is 0 Å². The molecule has 0 aromatic carbocycles. The molecule has 2 nitrogen and oxygen atoms in total. The summed E-state index contributed by atoms with van der Waals surface area (Å²) in [5.74, 6) is 0. The van der Waals surface area contributed by atoms with E-state index >= 15 is 0 Å². The molecule has 0 saturated carbocycles. The monoisotopic (exact) mass is 261 g/mol. The zero-order valence-electron chi connectivity index (χ0n) is 10.6. The molecule has 14 heavy (non-hydrogen) atoms. The fourth-order valence-corrected chi connectivity index (χ4v) is 8.08. The molecule has 0 aliphatic rings. The van der Waals surface area contributed by atoms with Gasteiger partial charge in [-0.05, 0) is 0 Å². The first-order chi connectivity index (χ1) is 6.74. The normalized spacial score (nSPS) is 12.0. The summed E-state index contributed by atoms with van der Waals surface area (Å²) in [5, 5.41) is 1.46. The molecule has 0 spiro atoms. The molecule has 0 atom stereocenters. The first-order valence-corrected chi connectivity index (χ1v) is 9.46. The predicted octanol–water partition coefficient (Wildman–Crippen LogP) is 2.57. The van der Waals surface area contributed by atoms with Gasteiger partial charge in [0.1, 0.15) is 0 Å². The first-order valence-electron chi connectivity index (χ1n) is 6.10. The van der Waals surface area contributed by atoms with Crippen molar-refractivity contribution >= 4 is 14.8 Å². The van der Waals surface area contributed by atoms with E-state index in [1.807, 2.05) is 0 Å². The van der Waals surface area contributed by atoms with Gasteiger partial charge in [-0.3, -0.25) is 0 Å². The van der Waals surface area contributed by atoms with E-state index in [0.29, 0.717) is 0 Å². The molecule has 0 bridgehead atoms. The van der Waals surface area contributed by atoms with Crippen molar-refractivity contribution in [2.45, 2.75) is 46.3 Å². The molecule has 0 aliphatic carbocycles. The first kappa shape index (κ1) is 14.5. The van der Waals surface area contributed by atoms with Gasteiger partial charge in [0.05, 0.1) is 0 Å². The summed E-state index contributed by atoms with van der Waals surface area (Å²) in [7, 11) is 0. The van der Waals surface area contributed by atoms with E-state index in [9.17, 15) is 0 Å². The summed E-state index contributed by atoms with van der Waals surface area (Å²) in [6, 6.07) is 0. The van der Waals surface area contributed by atoms with Crippen molar-refractivity contribution in [3.05, 3.63) is 0 Å². The Morgan fingerprint density at radius 3 is 1.29 bits per heavy atom. The SMILES string of the molecule is CC[CH2][Ge]([N](CC)CC)[N](CC)CC. The molecule has 0 unspecified atom stereocenters. The summed E-state index contributed by atoms with van der Waals surface area (Å²) in [6.07, 6.45) is 1.35. The van der Waals surface area contributed by atoms with Crippen LogP contribution < -0.4 is 0 Å². The second-order valence-corrected chi connectivity index (χ2v) is 8.96. The van der Waals surface area contributed by atoms with Crippen molar-refractivity contribution in [2.24, 2.45) is 0 Å². The van der Waals surface area contributed by atoms with Crippen molar-refractivity contribution in [1.82, 2.24) is 7.71 Å². The number of rotatable bonds is 8. The molecule has 0 aromatic rings. The maximum atomic E-state index is 2.73. The second-order valence-electron chi connectivity index (χ2n) is 3.51. The van der Waals surface area contributed by atoms with Crippen molar-refractivity contribution in [3.8, 4) is 0 Å². The van der Waals surface area contributed by atoms with Crippen LogP contribution in [0, 0.1) is 0 Å². The fourth-order valence-electron chi connectivity index (χ4n) is 1.92. The van der Waals surface area contributed by atoms with Crippen LogP contribution in [-0.4, -0.2) is 48.7 Å². The second kappa shape index (κ2) is 8.75. The molecule has 85 valence electrons. The maximum absolute atomic E-state index is 2.73. The Hall–Kier alpha value is 0.463. The molecule has 0 N–H and O–H groups in total. The minimum atomic E-state index is -1.09. The van der Waals surface area contributed by atoms with Crippen LogP contribution in [0.5, 0.6) is 0 Å². The summed E-state index contributed by atoms with van der Waals surface area (Å²) in [4.78, 5) is 0. The summed E-state index contributed by atoms with van der Waals surface area (Å²) >= 11 is -1.09. The Morgan fingerprint density at radius 2 is 1.07 bits per heavy atom. The predicted molar refractivity (Wildman–Crippen MR) is 66.7 cm³/mol. The molecular weight excluding hydrogens is 233 g/mol.